The van der Waals surface area contributed by atoms with E-state index in [1.165, 1.54) is 13.1 Å². The van der Waals surface area contributed by atoms with Gasteiger partial charge in [-0.25, -0.2) is 0 Å². The summed E-state index contributed by atoms with van der Waals surface area (Å²) in [6.45, 7) is 17.6. The summed E-state index contributed by atoms with van der Waals surface area (Å²) in [5, 5.41) is 0. The maximum atomic E-state index is 3.80. The molecule has 0 atom stereocenters. The van der Waals surface area contributed by atoms with Crippen molar-refractivity contribution in [3.8, 4) is 0 Å². The zero-order valence-electron chi connectivity index (χ0n) is 10.1. The Bertz CT molecular complexity index is 196. The number of hydrogen-bond donors (Lipinski definition) is 0. The molecule has 1 saturated heterocycles. The molecule has 0 saturated carbocycles. The molecule has 0 unspecified atom stereocenters. The third kappa shape index (κ3) is 2.58. The van der Waals surface area contributed by atoms with E-state index in [1.807, 2.05) is 6.08 Å². The summed E-state index contributed by atoms with van der Waals surface area (Å²) in [6, 6.07) is 0.649. The Hall–Kier alpha value is -0.340. The van der Waals surface area contributed by atoms with Gasteiger partial charge in [0.1, 0.15) is 0 Å². The lowest BCUT2D eigenvalue weighted by atomic mass is 9.97. The summed E-state index contributed by atoms with van der Waals surface area (Å²) in [6.07, 6.45) is 2.00. The van der Waals surface area contributed by atoms with Crippen molar-refractivity contribution in [2.24, 2.45) is 0 Å². The van der Waals surface area contributed by atoms with Crippen LogP contribution in [0.2, 0.25) is 0 Å². The fourth-order valence-corrected chi connectivity index (χ4v) is 2.56. The van der Waals surface area contributed by atoms with E-state index in [0.717, 1.165) is 13.1 Å². The predicted octanol–water partition coefficient (Wildman–Crippen LogP) is 1.98. The van der Waals surface area contributed by atoms with Gasteiger partial charge in [0.25, 0.3) is 0 Å². The summed E-state index contributed by atoms with van der Waals surface area (Å²) in [5.41, 5.74) is 0.301. The van der Waals surface area contributed by atoms with Crippen LogP contribution in [0.15, 0.2) is 12.7 Å². The normalized spacial score (nSPS) is 24.1. The topological polar surface area (TPSA) is 6.48 Å². The van der Waals surface area contributed by atoms with Gasteiger partial charge >= 0.3 is 0 Å². The molecular formula is C12H24N2. The van der Waals surface area contributed by atoms with Gasteiger partial charge in [-0.2, -0.15) is 0 Å². The van der Waals surface area contributed by atoms with Gasteiger partial charge in [-0.15, -0.1) is 6.58 Å². The van der Waals surface area contributed by atoms with Crippen molar-refractivity contribution in [1.82, 2.24) is 9.80 Å². The molecule has 82 valence electrons. The average Bonchev–Trinajstić information content (AvgIpc) is 2.01. The van der Waals surface area contributed by atoms with Gasteiger partial charge in [0.05, 0.1) is 0 Å². The van der Waals surface area contributed by atoms with Crippen LogP contribution in [0.5, 0.6) is 0 Å². The van der Waals surface area contributed by atoms with Crippen LogP contribution in [0.1, 0.15) is 27.7 Å². The molecule has 2 heteroatoms. The number of nitrogens with zero attached hydrogens (tertiary/aromatic N) is 2. The third-order valence-electron chi connectivity index (χ3n) is 3.06. The maximum absolute atomic E-state index is 3.80. The predicted molar refractivity (Wildman–Crippen MR) is 62.6 cm³/mol. The highest BCUT2D eigenvalue weighted by Crippen LogP contribution is 2.22. The Kier molecular flexibility index (Phi) is 3.73. The van der Waals surface area contributed by atoms with Gasteiger partial charge in [-0.3, -0.25) is 9.80 Å². The lowest BCUT2D eigenvalue weighted by molar-refractivity contribution is 0.00310. The quantitative estimate of drug-likeness (QED) is 0.637. The Morgan fingerprint density at radius 3 is 2.43 bits per heavy atom. The molecule has 14 heavy (non-hydrogen) atoms. The maximum Gasteiger partial charge on any atom is 0.0283 e. The molecule has 0 spiro atoms. The second-order valence-electron chi connectivity index (χ2n) is 5.12. The van der Waals surface area contributed by atoms with E-state index in [-0.39, 0.29) is 0 Å². The number of rotatable bonds is 3. The van der Waals surface area contributed by atoms with Crippen molar-refractivity contribution in [1.29, 1.82) is 0 Å². The zero-order chi connectivity index (χ0) is 10.8. The van der Waals surface area contributed by atoms with Crippen molar-refractivity contribution < 1.29 is 0 Å². The van der Waals surface area contributed by atoms with Gasteiger partial charge in [0, 0.05) is 37.8 Å². The fraction of sp³-hybridized carbons (Fsp3) is 0.833. The van der Waals surface area contributed by atoms with Crippen LogP contribution in [0.25, 0.3) is 0 Å². The van der Waals surface area contributed by atoms with E-state index in [9.17, 15) is 0 Å². The van der Waals surface area contributed by atoms with Crippen molar-refractivity contribution >= 4 is 0 Å². The molecule has 1 aliphatic heterocycles. The Balaban J connectivity index is 2.60. The summed E-state index contributed by atoms with van der Waals surface area (Å²) in [7, 11) is 0. The molecule has 1 aliphatic rings. The summed E-state index contributed by atoms with van der Waals surface area (Å²) in [5.74, 6) is 0. The summed E-state index contributed by atoms with van der Waals surface area (Å²) >= 11 is 0. The molecule has 0 aromatic heterocycles. The smallest absolute Gasteiger partial charge is 0.0283 e. The minimum atomic E-state index is 0.301. The first-order valence-corrected chi connectivity index (χ1v) is 5.57. The van der Waals surface area contributed by atoms with Crippen molar-refractivity contribution in [3.05, 3.63) is 12.7 Å². The minimum Gasteiger partial charge on any atom is -0.297 e. The van der Waals surface area contributed by atoms with E-state index in [2.05, 4.69) is 44.1 Å². The first-order chi connectivity index (χ1) is 6.47. The lowest BCUT2D eigenvalue weighted by Crippen LogP contribution is -2.61. The molecule has 0 N–H and O–H groups in total. The van der Waals surface area contributed by atoms with Crippen molar-refractivity contribution in [2.75, 3.05) is 26.2 Å². The molecule has 0 aromatic carbocycles. The van der Waals surface area contributed by atoms with E-state index in [1.54, 1.807) is 0 Å². The highest BCUT2D eigenvalue weighted by molar-refractivity contribution is 4.93. The SMILES string of the molecule is C=CCN1CCN(C(C)C)C(C)(C)C1. The third-order valence-corrected chi connectivity index (χ3v) is 3.06. The second-order valence-corrected chi connectivity index (χ2v) is 5.12. The first-order valence-electron chi connectivity index (χ1n) is 5.57. The molecule has 1 fully saturated rings. The van der Waals surface area contributed by atoms with Gasteiger partial charge in [0.15, 0.2) is 0 Å². The van der Waals surface area contributed by atoms with E-state index < -0.39 is 0 Å². The zero-order valence-corrected chi connectivity index (χ0v) is 10.1. The lowest BCUT2D eigenvalue weighted by Gasteiger charge is -2.49. The molecule has 1 heterocycles. The Morgan fingerprint density at radius 2 is 2.00 bits per heavy atom. The number of piperazine rings is 1. The van der Waals surface area contributed by atoms with Gasteiger partial charge in [-0.1, -0.05) is 6.08 Å². The summed E-state index contributed by atoms with van der Waals surface area (Å²) in [4.78, 5) is 5.07. The molecule has 0 bridgehead atoms. The van der Waals surface area contributed by atoms with Crippen molar-refractivity contribution in [2.45, 2.75) is 39.3 Å². The van der Waals surface area contributed by atoms with Crippen LogP contribution in [-0.4, -0.2) is 47.6 Å². The van der Waals surface area contributed by atoms with Gasteiger partial charge in [0.2, 0.25) is 0 Å². The van der Waals surface area contributed by atoms with Crippen LogP contribution in [0, 0.1) is 0 Å². The fourth-order valence-electron chi connectivity index (χ4n) is 2.56. The molecule has 0 amide bonds. The molecule has 0 radical (unpaired) electrons. The Labute approximate surface area is 88.6 Å². The standard InChI is InChI=1S/C12H24N2/c1-6-7-13-8-9-14(11(2)3)12(4,5)10-13/h6,11H,1,7-10H2,2-5H3. The van der Waals surface area contributed by atoms with Crippen LogP contribution >= 0.6 is 0 Å². The highest BCUT2D eigenvalue weighted by Gasteiger charge is 2.34. The molecule has 1 rings (SSSR count). The van der Waals surface area contributed by atoms with Crippen molar-refractivity contribution in [3.63, 3.8) is 0 Å². The molecule has 0 aromatic rings. The van der Waals surface area contributed by atoms with Crippen LogP contribution in [0.3, 0.4) is 0 Å². The number of hydrogen-bond acceptors (Lipinski definition) is 2. The average molecular weight is 196 g/mol. The van der Waals surface area contributed by atoms with Crippen LogP contribution in [-0.2, 0) is 0 Å². The monoisotopic (exact) mass is 196 g/mol. The van der Waals surface area contributed by atoms with E-state index in [4.69, 9.17) is 0 Å². The highest BCUT2D eigenvalue weighted by atomic mass is 15.3. The largest absolute Gasteiger partial charge is 0.297 e. The van der Waals surface area contributed by atoms with Crippen LogP contribution < -0.4 is 0 Å². The molecular weight excluding hydrogens is 172 g/mol. The van der Waals surface area contributed by atoms with Gasteiger partial charge < -0.3 is 0 Å². The van der Waals surface area contributed by atoms with E-state index in [0.29, 0.717) is 11.6 Å². The Morgan fingerprint density at radius 1 is 1.36 bits per heavy atom. The minimum absolute atomic E-state index is 0.301. The molecule has 2 nitrogen and oxygen atoms in total. The van der Waals surface area contributed by atoms with Gasteiger partial charge in [-0.05, 0) is 27.7 Å². The molecule has 0 aliphatic carbocycles. The first kappa shape index (κ1) is 11.7. The summed E-state index contributed by atoms with van der Waals surface area (Å²) < 4.78 is 0. The van der Waals surface area contributed by atoms with E-state index >= 15 is 0 Å². The van der Waals surface area contributed by atoms with Crippen LogP contribution in [0.4, 0.5) is 0 Å². The second kappa shape index (κ2) is 4.45.